The maximum absolute atomic E-state index is 10.1. The van der Waals surface area contributed by atoms with Gasteiger partial charge < -0.3 is 25.5 Å². The molecule has 0 aliphatic heterocycles. The van der Waals surface area contributed by atoms with E-state index in [-0.39, 0.29) is 5.71 Å². The predicted molar refractivity (Wildman–Crippen MR) is 112 cm³/mol. The van der Waals surface area contributed by atoms with E-state index in [1.54, 1.807) is 6.07 Å². The van der Waals surface area contributed by atoms with Crippen LogP contribution in [-0.2, 0) is 6.42 Å². The number of nitrogens with one attached hydrogen (secondary N) is 1. The van der Waals surface area contributed by atoms with Crippen molar-refractivity contribution < 1.29 is 25.5 Å². The summed E-state index contributed by atoms with van der Waals surface area (Å²) in [7, 11) is 0. The summed E-state index contributed by atoms with van der Waals surface area (Å²) < 4.78 is 0. The van der Waals surface area contributed by atoms with Crippen molar-refractivity contribution in [3.05, 3.63) is 65.9 Å². The number of benzene rings is 2. The lowest BCUT2D eigenvalue weighted by Crippen LogP contribution is -2.45. The zero-order valence-corrected chi connectivity index (χ0v) is 16.1. The minimum Gasteiger partial charge on any atom is -0.394 e. The van der Waals surface area contributed by atoms with Crippen molar-refractivity contribution in [1.29, 1.82) is 0 Å². The van der Waals surface area contributed by atoms with E-state index in [9.17, 15) is 20.4 Å². The highest BCUT2D eigenvalue weighted by Crippen LogP contribution is 2.20. The van der Waals surface area contributed by atoms with Crippen molar-refractivity contribution in [2.45, 2.75) is 24.7 Å². The number of para-hydroxylation sites is 2. The van der Waals surface area contributed by atoms with Crippen LogP contribution in [0, 0.1) is 0 Å². The van der Waals surface area contributed by atoms with Crippen molar-refractivity contribution in [3.63, 3.8) is 0 Å². The predicted octanol–water partition coefficient (Wildman–Crippen LogP) is 0.0558. The van der Waals surface area contributed by atoms with Crippen LogP contribution in [0.15, 0.2) is 59.7 Å². The summed E-state index contributed by atoms with van der Waals surface area (Å²) in [5, 5.41) is 52.0. The van der Waals surface area contributed by atoms with E-state index in [1.807, 2.05) is 48.5 Å². The number of rotatable bonds is 9. The fourth-order valence-corrected chi connectivity index (χ4v) is 2.87. The minimum absolute atomic E-state index is 0.226. The van der Waals surface area contributed by atoms with Gasteiger partial charge in [-0.2, -0.15) is 5.10 Å². The van der Waals surface area contributed by atoms with Crippen LogP contribution in [0.4, 0.5) is 5.82 Å². The van der Waals surface area contributed by atoms with E-state index in [2.05, 4.69) is 20.5 Å². The molecule has 0 saturated heterocycles. The van der Waals surface area contributed by atoms with Gasteiger partial charge >= 0.3 is 0 Å². The van der Waals surface area contributed by atoms with Gasteiger partial charge in [-0.1, -0.05) is 42.5 Å². The minimum atomic E-state index is -1.71. The van der Waals surface area contributed by atoms with E-state index >= 15 is 0 Å². The Morgan fingerprint density at radius 1 is 0.900 bits per heavy atom. The molecule has 6 N–H and O–H groups in total. The van der Waals surface area contributed by atoms with Gasteiger partial charge in [0.15, 0.2) is 5.82 Å². The van der Waals surface area contributed by atoms with Crippen molar-refractivity contribution in [3.8, 4) is 0 Å². The Hall–Kier alpha value is -2.95. The molecule has 2 aromatic carbocycles. The molecule has 1 aromatic heterocycles. The first kappa shape index (κ1) is 21.8. The summed E-state index contributed by atoms with van der Waals surface area (Å²) in [6.45, 7) is -1.43. The van der Waals surface area contributed by atoms with Gasteiger partial charge in [0.1, 0.15) is 18.3 Å². The Balaban J connectivity index is 1.92. The standard InChI is InChI=1S/C21H24N4O5/c26-11-17(19(29)20(30)18(28)12-27)24-25-21-16(10-13-6-2-1-3-7-13)22-14-8-4-5-9-15(14)23-21/h1-9,18-20,26-30H,10-12H2,(H,23,25)/b24-17+. The van der Waals surface area contributed by atoms with Crippen LogP contribution in [0.5, 0.6) is 0 Å². The van der Waals surface area contributed by atoms with Gasteiger partial charge in [0.25, 0.3) is 0 Å². The van der Waals surface area contributed by atoms with Gasteiger partial charge in [-0.25, -0.2) is 9.97 Å². The van der Waals surface area contributed by atoms with E-state index in [4.69, 9.17) is 5.11 Å². The molecule has 3 rings (SSSR count). The number of fused-ring (bicyclic) bond motifs is 1. The van der Waals surface area contributed by atoms with Crippen molar-refractivity contribution in [2.75, 3.05) is 18.6 Å². The first-order chi connectivity index (χ1) is 14.5. The molecular weight excluding hydrogens is 388 g/mol. The highest BCUT2D eigenvalue weighted by molar-refractivity contribution is 5.90. The zero-order chi connectivity index (χ0) is 21.5. The number of aliphatic hydroxyl groups excluding tert-OH is 5. The molecule has 158 valence electrons. The molecule has 3 unspecified atom stereocenters. The van der Waals surface area contributed by atoms with Crippen molar-refractivity contribution in [1.82, 2.24) is 9.97 Å². The maximum Gasteiger partial charge on any atom is 0.169 e. The summed E-state index contributed by atoms with van der Waals surface area (Å²) in [5.41, 5.74) is 5.44. The zero-order valence-electron chi connectivity index (χ0n) is 16.1. The first-order valence-electron chi connectivity index (χ1n) is 9.41. The molecule has 0 radical (unpaired) electrons. The van der Waals surface area contributed by atoms with Gasteiger partial charge in [0, 0.05) is 6.42 Å². The second kappa shape index (κ2) is 10.2. The van der Waals surface area contributed by atoms with E-state index in [1.165, 1.54) is 0 Å². The molecule has 0 aliphatic carbocycles. The molecule has 0 saturated carbocycles. The average molecular weight is 412 g/mol. The summed E-state index contributed by atoms with van der Waals surface area (Å²) in [4.78, 5) is 9.19. The van der Waals surface area contributed by atoms with Gasteiger partial charge in [0.2, 0.25) is 0 Å². The van der Waals surface area contributed by atoms with E-state index in [0.29, 0.717) is 29.0 Å². The molecule has 9 heteroatoms. The molecule has 0 amide bonds. The third-order valence-electron chi connectivity index (χ3n) is 4.57. The third kappa shape index (κ3) is 5.15. The lowest BCUT2D eigenvalue weighted by Gasteiger charge is -2.22. The molecule has 0 fully saturated rings. The highest BCUT2D eigenvalue weighted by Gasteiger charge is 2.28. The average Bonchev–Trinajstić information content (AvgIpc) is 2.79. The number of aromatic nitrogens is 2. The monoisotopic (exact) mass is 412 g/mol. The summed E-state index contributed by atoms with van der Waals surface area (Å²) in [6, 6.07) is 17.0. The topological polar surface area (TPSA) is 151 Å². The normalized spacial score (nSPS) is 15.0. The molecule has 3 aromatic rings. The van der Waals surface area contributed by atoms with Gasteiger partial charge in [0.05, 0.1) is 35.7 Å². The molecule has 0 spiro atoms. The molecule has 0 bridgehead atoms. The number of nitrogens with zero attached hydrogens (tertiary/aromatic N) is 3. The fourth-order valence-electron chi connectivity index (χ4n) is 2.87. The van der Waals surface area contributed by atoms with Crippen LogP contribution in [0.3, 0.4) is 0 Å². The molecule has 0 aliphatic rings. The first-order valence-corrected chi connectivity index (χ1v) is 9.41. The van der Waals surface area contributed by atoms with Gasteiger partial charge in [-0.15, -0.1) is 0 Å². The van der Waals surface area contributed by atoms with Crippen molar-refractivity contribution in [2.24, 2.45) is 5.10 Å². The lowest BCUT2D eigenvalue weighted by molar-refractivity contribution is -0.0564. The van der Waals surface area contributed by atoms with Crippen LogP contribution in [-0.4, -0.2) is 72.7 Å². The molecule has 9 nitrogen and oxygen atoms in total. The Bertz CT molecular complexity index is 999. The molecule has 1 heterocycles. The Morgan fingerprint density at radius 2 is 1.53 bits per heavy atom. The fraction of sp³-hybridized carbons (Fsp3) is 0.286. The quantitative estimate of drug-likeness (QED) is 0.213. The van der Waals surface area contributed by atoms with E-state index < -0.39 is 31.5 Å². The van der Waals surface area contributed by atoms with E-state index in [0.717, 1.165) is 5.56 Å². The maximum atomic E-state index is 10.1. The molecular formula is C21H24N4O5. The van der Waals surface area contributed by atoms with Crippen LogP contribution in [0.25, 0.3) is 11.0 Å². The van der Waals surface area contributed by atoms with Gasteiger partial charge in [-0.05, 0) is 17.7 Å². The largest absolute Gasteiger partial charge is 0.394 e. The Kier molecular flexibility index (Phi) is 7.39. The lowest BCUT2D eigenvalue weighted by atomic mass is 10.0. The summed E-state index contributed by atoms with van der Waals surface area (Å²) >= 11 is 0. The van der Waals surface area contributed by atoms with Crippen LogP contribution >= 0.6 is 0 Å². The summed E-state index contributed by atoms with van der Waals surface area (Å²) in [5.74, 6) is 0.327. The number of hydrogen-bond acceptors (Lipinski definition) is 9. The molecule has 3 atom stereocenters. The number of hydrogen-bond donors (Lipinski definition) is 6. The molecule has 30 heavy (non-hydrogen) atoms. The SMILES string of the molecule is OC/C(=N\Nc1nc2ccccc2nc1Cc1ccccc1)C(O)C(O)C(O)CO. The van der Waals surface area contributed by atoms with Crippen LogP contribution in [0.2, 0.25) is 0 Å². The van der Waals surface area contributed by atoms with Crippen LogP contribution < -0.4 is 5.43 Å². The van der Waals surface area contributed by atoms with Crippen LogP contribution in [0.1, 0.15) is 11.3 Å². The van der Waals surface area contributed by atoms with Crippen molar-refractivity contribution >= 4 is 22.6 Å². The smallest absolute Gasteiger partial charge is 0.169 e. The second-order valence-corrected chi connectivity index (χ2v) is 6.73. The third-order valence-corrected chi connectivity index (χ3v) is 4.57. The Labute approximate surface area is 173 Å². The van der Waals surface area contributed by atoms with Gasteiger partial charge in [-0.3, -0.25) is 5.43 Å². The number of aliphatic hydroxyl groups is 5. The number of hydrazone groups is 1. The number of anilines is 1. The Morgan fingerprint density at radius 3 is 2.17 bits per heavy atom. The highest BCUT2D eigenvalue weighted by atomic mass is 16.4. The summed E-state index contributed by atoms with van der Waals surface area (Å²) in [6.07, 6.45) is -4.50. The second-order valence-electron chi connectivity index (χ2n) is 6.73.